The molecule has 6 nitrogen and oxygen atoms in total. The van der Waals surface area contributed by atoms with Crippen LogP contribution in [0, 0.1) is 11.8 Å². The second-order valence-corrected chi connectivity index (χ2v) is 18.0. The summed E-state index contributed by atoms with van der Waals surface area (Å²) in [6.07, 6.45) is 17.8. The molecule has 4 atom stereocenters. The van der Waals surface area contributed by atoms with Crippen LogP contribution in [-0.4, -0.2) is 61.2 Å². The van der Waals surface area contributed by atoms with E-state index in [1.54, 1.807) is 0 Å². The van der Waals surface area contributed by atoms with Gasteiger partial charge in [0.05, 0.1) is 13.2 Å². The van der Waals surface area contributed by atoms with Gasteiger partial charge in [0.25, 0.3) is 0 Å². The van der Waals surface area contributed by atoms with Crippen LogP contribution in [0.1, 0.15) is 154 Å². The van der Waals surface area contributed by atoms with Crippen molar-refractivity contribution in [3.63, 3.8) is 0 Å². The van der Waals surface area contributed by atoms with E-state index in [0.717, 1.165) is 25.7 Å². The molecule has 0 fully saturated rings. The topological polar surface area (TPSA) is 77.3 Å². The third-order valence-electron chi connectivity index (χ3n) is 9.56. The van der Waals surface area contributed by atoms with Crippen LogP contribution in [0.5, 0.6) is 0 Å². The first-order chi connectivity index (χ1) is 26.0. The molecule has 0 aliphatic carbocycles. The molecule has 2 aromatic carbocycles. The van der Waals surface area contributed by atoms with Crippen LogP contribution in [0.3, 0.4) is 0 Å². The number of hydrogen-bond donors (Lipinski definition) is 0. The highest BCUT2D eigenvalue weighted by Gasteiger charge is 2.22. The highest BCUT2D eigenvalue weighted by Crippen LogP contribution is 2.26. The summed E-state index contributed by atoms with van der Waals surface area (Å²) in [5.41, 5.74) is 5.17. The summed E-state index contributed by atoms with van der Waals surface area (Å²) in [4.78, 5) is 35.6. The summed E-state index contributed by atoms with van der Waals surface area (Å²) >= 11 is 0. The molecule has 0 bridgehead atoms. The summed E-state index contributed by atoms with van der Waals surface area (Å²) in [6.45, 7) is 17.9. The molecule has 54 heavy (non-hydrogen) atoms. The van der Waals surface area contributed by atoms with Crippen molar-refractivity contribution in [1.29, 1.82) is 0 Å². The second-order valence-electron chi connectivity index (χ2n) is 15.5. The maximum Gasteiger partial charge on any atom is 0.331 e. The minimum absolute atomic E-state index is 0.169. The van der Waals surface area contributed by atoms with E-state index in [1.807, 2.05) is 19.4 Å². The van der Waals surface area contributed by atoms with Crippen molar-refractivity contribution in [1.82, 2.24) is 0 Å². The van der Waals surface area contributed by atoms with Crippen molar-refractivity contribution in [2.45, 2.75) is 156 Å². The fourth-order valence-corrected chi connectivity index (χ4v) is 8.34. The van der Waals surface area contributed by atoms with Crippen LogP contribution in [0.2, 0.25) is 0 Å². The van der Waals surface area contributed by atoms with Crippen molar-refractivity contribution in [2.75, 3.05) is 24.7 Å². The third kappa shape index (κ3) is 20.9. The van der Waals surface area contributed by atoms with E-state index >= 15 is 0 Å². The van der Waals surface area contributed by atoms with E-state index in [9.17, 15) is 9.59 Å². The highest BCUT2D eigenvalue weighted by atomic mass is 33.1. The first-order valence-corrected chi connectivity index (χ1v) is 23.3. The normalized spacial score (nSPS) is 14.2. The van der Waals surface area contributed by atoms with Gasteiger partial charge in [-0.05, 0) is 72.1 Å². The predicted octanol–water partition coefficient (Wildman–Crippen LogP) is 12.3. The molecule has 2 rings (SSSR count). The van der Waals surface area contributed by atoms with Crippen LogP contribution >= 0.6 is 21.6 Å². The summed E-state index contributed by atoms with van der Waals surface area (Å²) in [6, 6.07) is 16.3. The standard InChI is InChI=1S/C46H72N2O4S2/c1-9-11-12-13-14-15-16-17-18-19-28-52-46(50)44(48-32-38(8)30-40-22-26-42(27-23-40)36(5)6)34-54-53-33-43(45(49)51-10-2)47-31-37(7)29-39-20-24-41(25-21-39)35(3)4/h20-27,31-32,35-38,43-44H,9-19,28-30,33-34H2,1-8H3/t37?,38?,43?,44-/m0/s1. The molecule has 0 aromatic heterocycles. The van der Waals surface area contributed by atoms with Crippen LogP contribution in [0.15, 0.2) is 58.5 Å². The van der Waals surface area contributed by atoms with Crippen LogP contribution in [-0.2, 0) is 31.9 Å². The number of carbonyl (C=O) groups excluding carboxylic acids is 2. The Morgan fingerprint density at radius 3 is 1.35 bits per heavy atom. The molecule has 0 spiro atoms. The lowest BCUT2D eigenvalue weighted by Crippen LogP contribution is -2.26. The molecular formula is C46H72N2O4S2. The number of benzene rings is 2. The van der Waals surface area contributed by atoms with Crippen molar-refractivity contribution >= 4 is 46.0 Å². The predicted molar refractivity (Wildman–Crippen MR) is 236 cm³/mol. The number of ether oxygens (including phenoxy) is 2. The van der Waals surface area contributed by atoms with Crippen molar-refractivity contribution < 1.29 is 19.1 Å². The maximum absolute atomic E-state index is 13.3. The van der Waals surface area contributed by atoms with Crippen LogP contribution in [0.4, 0.5) is 0 Å². The first-order valence-electron chi connectivity index (χ1n) is 20.9. The van der Waals surface area contributed by atoms with Gasteiger partial charge in [-0.1, -0.05) is 176 Å². The number of esters is 2. The Hall–Kier alpha value is -2.58. The zero-order valence-electron chi connectivity index (χ0n) is 34.9. The number of hydrogen-bond acceptors (Lipinski definition) is 8. The van der Waals surface area contributed by atoms with Gasteiger partial charge in [-0.15, -0.1) is 0 Å². The summed E-state index contributed by atoms with van der Waals surface area (Å²) in [5, 5.41) is 0. The Morgan fingerprint density at radius 1 is 0.574 bits per heavy atom. The van der Waals surface area contributed by atoms with E-state index in [4.69, 9.17) is 14.5 Å². The number of rotatable bonds is 29. The SMILES string of the molecule is CCCCCCCCCCCCOC(=O)[C@H](CSSCC(N=CC(C)Cc1ccc(C(C)C)cc1)C(=O)OCC)N=CC(C)Cc1ccc(C(C)C)cc1. The van der Waals surface area contributed by atoms with E-state index in [-0.39, 0.29) is 23.8 Å². The molecule has 0 heterocycles. The van der Waals surface area contributed by atoms with Crippen molar-refractivity contribution in [2.24, 2.45) is 21.8 Å². The monoisotopic (exact) mass is 780 g/mol. The molecule has 0 aliphatic rings. The van der Waals surface area contributed by atoms with Gasteiger partial charge in [0, 0.05) is 23.9 Å². The molecule has 0 saturated carbocycles. The Balaban J connectivity index is 1.95. The van der Waals surface area contributed by atoms with E-state index in [0.29, 0.717) is 36.6 Å². The fraction of sp³-hybridized carbons (Fsp3) is 0.652. The third-order valence-corrected chi connectivity index (χ3v) is 11.9. The molecule has 3 unspecified atom stereocenters. The summed E-state index contributed by atoms with van der Waals surface area (Å²) < 4.78 is 11.1. The first kappa shape index (κ1) is 47.6. The lowest BCUT2D eigenvalue weighted by molar-refractivity contribution is -0.145. The van der Waals surface area contributed by atoms with Gasteiger partial charge in [0.1, 0.15) is 0 Å². The molecule has 0 aliphatic heterocycles. The molecule has 302 valence electrons. The van der Waals surface area contributed by atoms with Gasteiger partial charge in [-0.2, -0.15) is 0 Å². The molecule has 0 radical (unpaired) electrons. The summed E-state index contributed by atoms with van der Waals surface area (Å²) in [7, 11) is 3.06. The molecule has 2 aromatic rings. The fourth-order valence-electron chi connectivity index (χ4n) is 6.09. The Morgan fingerprint density at radius 2 is 0.963 bits per heavy atom. The Bertz CT molecular complexity index is 1340. The molecule has 8 heteroatoms. The average Bonchev–Trinajstić information content (AvgIpc) is 3.15. The summed E-state index contributed by atoms with van der Waals surface area (Å²) in [5.74, 6) is 1.64. The van der Waals surface area contributed by atoms with Crippen molar-refractivity contribution in [3.8, 4) is 0 Å². The maximum atomic E-state index is 13.3. The number of unbranched alkanes of at least 4 members (excludes halogenated alkanes) is 9. The Kier molecular flexibility index (Phi) is 25.3. The molecule has 0 N–H and O–H groups in total. The lowest BCUT2D eigenvalue weighted by atomic mass is 9.97. The van der Waals surface area contributed by atoms with Gasteiger partial charge in [0.2, 0.25) is 0 Å². The smallest absolute Gasteiger partial charge is 0.331 e. The second kappa shape index (κ2) is 28.8. The zero-order valence-corrected chi connectivity index (χ0v) is 36.5. The van der Waals surface area contributed by atoms with Crippen LogP contribution < -0.4 is 0 Å². The minimum atomic E-state index is -0.611. The van der Waals surface area contributed by atoms with Gasteiger partial charge in [-0.25, -0.2) is 9.59 Å². The van der Waals surface area contributed by atoms with E-state index < -0.39 is 12.1 Å². The number of aliphatic imine (C=N–C) groups is 2. The van der Waals surface area contributed by atoms with Crippen LogP contribution in [0.25, 0.3) is 0 Å². The van der Waals surface area contributed by atoms with E-state index in [2.05, 4.69) is 102 Å². The number of nitrogens with zero attached hydrogens (tertiary/aromatic N) is 2. The van der Waals surface area contributed by atoms with Gasteiger partial charge < -0.3 is 9.47 Å². The molecule has 0 saturated heterocycles. The van der Waals surface area contributed by atoms with Gasteiger partial charge in [0.15, 0.2) is 12.1 Å². The Labute approximate surface area is 337 Å². The zero-order chi connectivity index (χ0) is 39.6. The van der Waals surface area contributed by atoms with Gasteiger partial charge >= 0.3 is 11.9 Å². The van der Waals surface area contributed by atoms with E-state index in [1.165, 1.54) is 95.2 Å². The highest BCUT2D eigenvalue weighted by molar-refractivity contribution is 8.76. The number of carbonyl (C=O) groups is 2. The van der Waals surface area contributed by atoms with Gasteiger partial charge in [-0.3, -0.25) is 9.98 Å². The largest absolute Gasteiger partial charge is 0.464 e. The van der Waals surface area contributed by atoms with Crippen molar-refractivity contribution in [3.05, 3.63) is 70.8 Å². The minimum Gasteiger partial charge on any atom is -0.464 e. The average molecular weight is 781 g/mol. The molecule has 0 amide bonds. The molecular weight excluding hydrogens is 709 g/mol. The quantitative estimate of drug-likeness (QED) is 0.0354. The lowest BCUT2D eigenvalue weighted by Gasteiger charge is -2.15.